The van der Waals surface area contributed by atoms with E-state index in [2.05, 4.69) is 35.3 Å². The van der Waals surface area contributed by atoms with Crippen LogP contribution in [0, 0.1) is 6.92 Å². The first kappa shape index (κ1) is 14.1. The molecule has 2 aliphatic rings. The van der Waals surface area contributed by atoms with Crippen molar-refractivity contribution >= 4 is 5.91 Å². The molecular formula is C17H22N2O2. The monoisotopic (exact) mass is 286 g/mol. The summed E-state index contributed by atoms with van der Waals surface area (Å²) in [6, 6.07) is 7.94. The van der Waals surface area contributed by atoms with E-state index in [1.54, 1.807) is 6.26 Å². The van der Waals surface area contributed by atoms with E-state index in [1.807, 2.05) is 12.1 Å². The highest BCUT2D eigenvalue weighted by Crippen LogP contribution is 2.27. The molecule has 1 fully saturated rings. The van der Waals surface area contributed by atoms with E-state index in [9.17, 15) is 4.79 Å². The van der Waals surface area contributed by atoms with Gasteiger partial charge in [0.05, 0.1) is 6.26 Å². The minimum absolute atomic E-state index is 0.0990. The molecule has 0 aromatic heterocycles. The van der Waals surface area contributed by atoms with E-state index in [0.29, 0.717) is 6.54 Å². The third kappa shape index (κ3) is 3.10. The van der Waals surface area contributed by atoms with Gasteiger partial charge < -0.3 is 10.1 Å². The molecule has 0 radical (unpaired) electrons. The third-order valence-electron chi connectivity index (χ3n) is 4.26. The molecule has 21 heavy (non-hydrogen) atoms. The van der Waals surface area contributed by atoms with Crippen LogP contribution in [0.3, 0.4) is 0 Å². The molecule has 0 unspecified atom stereocenters. The van der Waals surface area contributed by atoms with Crippen molar-refractivity contribution in [2.45, 2.75) is 31.9 Å². The van der Waals surface area contributed by atoms with Crippen molar-refractivity contribution in [2.75, 3.05) is 19.6 Å². The molecule has 1 aromatic carbocycles. The average Bonchev–Trinajstić information content (AvgIpc) is 2.50. The number of nitrogens with zero attached hydrogens (tertiary/aromatic N) is 1. The van der Waals surface area contributed by atoms with Crippen LogP contribution in [0.1, 0.15) is 30.0 Å². The van der Waals surface area contributed by atoms with Crippen LogP contribution in [0.5, 0.6) is 0 Å². The minimum Gasteiger partial charge on any atom is -0.497 e. The fourth-order valence-corrected chi connectivity index (χ4v) is 3.12. The first-order valence-electron chi connectivity index (χ1n) is 7.63. The van der Waals surface area contributed by atoms with Gasteiger partial charge in [-0.2, -0.15) is 0 Å². The van der Waals surface area contributed by atoms with Gasteiger partial charge in [-0.1, -0.05) is 24.3 Å². The van der Waals surface area contributed by atoms with E-state index in [1.165, 1.54) is 0 Å². The molecule has 0 spiro atoms. The average molecular weight is 286 g/mol. The molecule has 2 heterocycles. The normalized spacial score (nSPS) is 26.2. The van der Waals surface area contributed by atoms with Gasteiger partial charge in [-0.15, -0.1) is 0 Å². The van der Waals surface area contributed by atoms with Crippen molar-refractivity contribution in [3.8, 4) is 0 Å². The maximum atomic E-state index is 12.4. The molecule has 0 saturated carbocycles. The second-order valence-electron chi connectivity index (χ2n) is 5.75. The number of carbonyl (C=O) groups is 1. The summed E-state index contributed by atoms with van der Waals surface area (Å²) in [5.74, 6) is 0.0990. The van der Waals surface area contributed by atoms with Crippen molar-refractivity contribution < 1.29 is 9.53 Å². The van der Waals surface area contributed by atoms with E-state index < -0.39 is 0 Å². The van der Waals surface area contributed by atoms with Crippen LogP contribution in [0.25, 0.3) is 0 Å². The van der Waals surface area contributed by atoms with Crippen LogP contribution in [0.2, 0.25) is 0 Å². The van der Waals surface area contributed by atoms with Gasteiger partial charge in [0.25, 0.3) is 0 Å². The predicted octanol–water partition coefficient (Wildman–Crippen LogP) is 2.16. The number of ether oxygens (including phenoxy) is 1. The Hall–Kier alpha value is -1.81. The maximum Gasteiger partial charge on any atom is 0.242 e. The van der Waals surface area contributed by atoms with Gasteiger partial charge in [0.1, 0.15) is 12.1 Å². The van der Waals surface area contributed by atoms with E-state index >= 15 is 0 Å². The van der Waals surface area contributed by atoms with Crippen LogP contribution >= 0.6 is 0 Å². The summed E-state index contributed by atoms with van der Waals surface area (Å²) < 4.78 is 5.68. The Morgan fingerprint density at radius 3 is 3.00 bits per heavy atom. The number of amides is 1. The Morgan fingerprint density at radius 2 is 2.24 bits per heavy atom. The smallest absolute Gasteiger partial charge is 0.242 e. The lowest BCUT2D eigenvalue weighted by Crippen LogP contribution is -2.52. The summed E-state index contributed by atoms with van der Waals surface area (Å²) in [5.41, 5.74) is 2.26. The van der Waals surface area contributed by atoms with Gasteiger partial charge in [0, 0.05) is 19.6 Å². The number of nitrogens with one attached hydrogen (secondary N) is 1. The quantitative estimate of drug-likeness (QED) is 0.926. The Morgan fingerprint density at radius 1 is 1.38 bits per heavy atom. The Balaban J connectivity index is 1.81. The number of piperazine rings is 1. The number of rotatable bonds is 3. The third-order valence-corrected chi connectivity index (χ3v) is 4.26. The fraction of sp³-hybridized carbons (Fsp3) is 0.471. The molecule has 4 heteroatoms. The number of aryl methyl sites for hydroxylation is 1. The molecule has 1 N–H and O–H groups in total. The van der Waals surface area contributed by atoms with Crippen LogP contribution in [0.4, 0.5) is 0 Å². The lowest BCUT2D eigenvalue weighted by molar-refractivity contribution is -0.130. The molecule has 3 rings (SSSR count). The molecule has 0 bridgehead atoms. The number of benzene rings is 1. The molecule has 1 aromatic rings. The highest BCUT2D eigenvalue weighted by atomic mass is 16.5. The van der Waals surface area contributed by atoms with E-state index in [0.717, 1.165) is 37.1 Å². The SMILES string of the molecule is Cc1ccccc1[C@H]1C(=O)NCCN1C[C@H]1CCC=CO1. The van der Waals surface area contributed by atoms with Crippen molar-refractivity contribution in [3.63, 3.8) is 0 Å². The molecule has 1 saturated heterocycles. The van der Waals surface area contributed by atoms with Crippen molar-refractivity contribution in [2.24, 2.45) is 0 Å². The zero-order valence-electron chi connectivity index (χ0n) is 12.4. The van der Waals surface area contributed by atoms with Gasteiger partial charge in [-0.05, 0) is 37.0 Å². The number of carbonyl (C=O) groups excluding carboxylic acids is 1. The van der Waals surface area contributed by atoms with Crippen molar-refractivity contribution in [1.82, 2.24) is 10.2 Å². The molecule has 112 valence electrons. The van der Waals surface area contributed by atoms with Gasteiger partial charge in [-0.3, -0.25) is 9.69 Å². The summed E-state index contributed by atoms with van der Waals surface area (Å²) in [5, 5.41) is 2.99. The second kappa shape index (κ2) is 6.31. The molecule has 2 aliphatic heterocycles. The molecule has 4 nitrogen and oxygen atoms in total. The number of allylic oxidation sites excluding steroid dienone is 1. The zero-order valence-corrected chi connectivity index (χ0v) is 12.4. The summed E-state index contributed by atoms with van der Waals surface area (Å²) in [6.07, 6.45) is 6.11. The topological polar surface area (TPSA) is 41.6 Å². The Kier molecular flexibility index (Phi) is 4.25. The highest BCUT2D eigenvalue weighted by molar-refractivity contribution is 5.84. The van der Waals surface area contributed by atoms with Crippen LogP contribution in [-0.4, -0.2) is 36.5 Å². The van der Waals surface area contributed by atoms with Crippen molar-refractivity contribution in [3.05, 3.63) is 47.7 Å². The Labute approximate surface area is 125 Å². The highest BCUT2D eigenvalue weighted by Gasteiger charge is 2.33. The summed E-state index contributed by atoms with van der Waals surface area (Å²) in [4.78, 5) is 14.6. The predicted molar refractivity (Wildman–Crippen MR) is 81.7 cm³/mol. The van der Waals surface area contributed by atoms with E-state index in [4.69, 9.17) is 4.74 Å². The first-order valence-corrected chi connectivity index (χ1v) is 7.63. The van der Waals surface area contributed by atoms with Gasteiger partial charge in [0.2, 0.25) is 5.91 Å². The summed E-state index contributed by atoms with van der Waals surface area (Å²) >= 11 is 0. The van der Waals surface area contributed by atoms with E-state index in [-0.39, 0.29) is 18.1 Å². The molecular weight excluding hydrogens is 264 g/mol. The lowest BCUT2D eigenvalue weighted by Gasteiger charge is -2.38. The van der Waals surface area contributed by atoms with Crippen LogP contribution in [0.15, 0.2) is 36.6 Å². The summed E-state index contributed by atoms with van der Waals surface area (Å²) in [7, 11) is 0. The Bertz CT molecular complexity index is 541. The zero-order chi connectivity index (χ0) is 14.7. The molecule has 0 aliphatic carbocycles. The summed E-state index contributed by atoms with van der Waals surface area (Å²) in [6.45, 7) is 4.45. The van der Waals surface area contributed by atoms with Gasteiger partial charge >= 0.3 is 0 Å². The molecule has 1 amide bonds. The fourth-order valence-electron chi connectivity index (χ4n) is 3.12. The minimum atomic E-state index is -0.200. The number of hydrogen-bond acceptors (Lipinski definition) is 3. The standard InChI is InChI=1S/C17H22N2O2/c1-13-6-2-3-8-15(13)16-17(20)18-9-10-19(16)12-14-7-4-5-11-21-14/h2-3,5-6,8,11,14,16H,4,7,9-10,12H2,1H3,(H,18,20)/t14-,16+/m1/s1. The molecule has 2 atom stereocenters. The lowest BCUT2D eigenvalue weighted by atomic mass is 9.97. The van der Waals surface area contributed by atoms with Crippen LogP contribution < -0.4 is 5.32 Å². The van der Waals surface area contributed by atoms with Crippen LogP contribution in [-0.2, 0) is 9.53 Å². The van der Waals surface area contributed by atoms with Gasteiger partial charge in [0.15, 0.2) is 0 Å². The second-order valence-corrected chi connectivity index (χ2v) is 5.75. The first-order chi connectivity index (χ1) is 10.3. The number of hydrogen-bond donors (Lipinski definition) is 1. The largest absolute Gasteiger partial charge is 0.497 e. The maximum absolute atomic E-state index is 12.4. The van der Waals surface area contributed by atoms with Crippen molar-refractivity contribution in [1.29, 1.82) is 0 Å². The van der Waals surface area contributed by atoms with Gasteiger partial charge in [-0.25, -0.2) is 0 Å².